The van der Waals surface area contributed by atoms with E-state index in [2.05, 4.69) is 27.9 Å². The van der Waals surface area contributed by atoms with Crippen LogP contribution in [0.2, 0.25) is 0 Å². The van der Waals surface area contributed by atoms with E-state index in [-0.39, 0.29) is 5.91 Å². The minimum atomic E-state index is -0.527. The summed E-state index contributed by atoms with van der Waals surface area (Å²) in [6.07, 6.45) is 0. The summed E-state index contributed by atoms with van der Waals surface area (Å²) >= 11 is 2.21. The van der Waals surface area contributed by atoms with Crippen molar-refractivity contribution in [1.29, 1.82) is 0 Å². The first-order chi connectivity index (χ1) is 6.95. The van der Waals surface area contributed by atoms with Crippen molar-refractivity contribution in [1.82, 2.24) is 0 Å². The molecular weight excluding hydrogens is 303 g/mol. The summed E-state index contributed by atoms with van der Waals surface area (Å²) in [5.74, 6) is -0.0491. The molecule has 1 aromatic carbocycles. The lowest BCUT2D eigenvalue weighted by Crippen LogP contribution is -2.37. The SMILES string of the molecule is CC(C)(CN)C(=O)Nc1cccc(I)c1. The van der Waals surface area contributed by atoms with Gasteiger partial charge in [0.15, 0.2) is 0 Å². The standard InChI is InChI=1S/C11H15IN2O/c1-11(2,7-13)10(15)14-9-5-3-4-8(12)6-9/h3-6H,7,13H2,1-2H3,(H,14,15). The molecule has 0 aromatic heterocycles. The molecule has 0 aliphatic heterocycles. The van der Waals surface area contributed by atoms with E-state index in [1.165, 1.54) is 0 Å². The molecule has 1 rings (SSSR count). The van der Waals surface area contributed by atoms with Crippen LogP contribution in [0.15, 0.2) is 24.3 Å². The molecule has 0 saturated heterocycles. The van der Waals surface area contributed by atoms with Crippen LogP contribution in [0.1, 0.15) is 13.8 Å². The van der Waals surface area contributed by atoms with Crippen molar-refractivity contribution in [2.75, 3.05) is 11.9 Å². The Hall–Kier alpha value is -0.620. The maximum absolute atomic E-state index is 11.8. The predicted molar refractivity (Wildman–Crippen MR) is 70.6 cm³/mol. The average molecular weight is 318 g/mol. The minimum Gasteiger partial charge on any atom is -0.329 e. The van der Waals surface area contributed by atoms with Crippen LogP contribution < -0.4 is 11.1 Å². The van der Waals surface area contributed by atoms with Crippen molar-refractivity contribution in [2.45, 2.75) is 13.8 Å². The lowest BCUT2D eigenvalue weighted by Gasteiger charge is -2.21. The molecule has 0 aliphatic rings. The Kier molecular flexibility index (Phi) is 4.10. The maximum Gasteiger partial charge on any atom is 0.231 e. The molecule has 1 amide bonds. The molecule has 0 aliphatic carbocycles. The number of hydrogen-bond acceptors (Lipinski definition) is 2. The van der Waals surface area contributed by atoms with E-state index in [0.717, 1.165) is 9.26 Å². The minimum absolute atomic E-state index is 0.0491. The lowest BCUT2D eigenvalue weighted by molar-refractivity contribution is -0.123. The number of nitrogens with one attached hydrogen (secondary N) is 1. The predicted octanol–water partition coefficient (Wildman–Crippen LogP) is 2.21. The Balaban J connectivity index is 2.75. The van der Waals surface area contributed by atoms with Gasteiger partial charge in [-0.3, -0.25) is 4.79 Å². The largest absolute Gasteiger partial charge is 0.329 e. The number of amides is 1. The molecule has 0 fully saturated rings. The Morgan fingerprint density at radius 2 is 2.20 bits per heavy atom. The van der Waals surface area contributed by atoms with E-state index in [1.54, 1.807) is 0 Å². The quantitative estimate of drug-likeness (QED) is 0.840. The van der Waals surface area contributed by atoms with Gasteiger partial charge in [0, 0.05) is 15.8 Å². The van der Waals surface area contributed by atoms with Gasteiger partial charge in [-0.05, 0) is 54.6 Å². The fourth-order valence-corrected chi connectivity index (χ4v) is 1.50. The van der Waals surface area contributed by atoms with E-state index < -0.39 is 5.41 Å². The zero-order chi connectivity index (χ0) is 11.5. The van der Waals surface area contributed by atoms with E-state index in [4.69, 9.17) is 5.73 Å². The molecule has 0 spiro atoms. The molecule has 1 aromatic rings. The number of halogens is 1. The van der Waals surface area contributed by atoms with Crippen molar-refractivity contribution < 1.29 is 4.79 Å². The first-order valence-electron chi connectivity index (χ1n) is 4.73. The summed E-state index contributed by atoms with van der Waals surface area (Å²) in [6, 6.07) is 7.68. The van der Waals surface area contributed by atoms with Gasteiger partial charge in [0.25, 0.3) is 0 Å². The van der Waals surface area contributed by atoms with Crippen molar-refractivity contribution in [3.05, 3.63) is 27.8 Å². The van der Waals surface area contributed by atoms with Gasteiger partial charge < -0.3 is 11.1 Å². The monoisotopic (exact) mass is 318 g/mol. The van der Waals surface area contributed by atoms with Crippen LogP contribution in [-0.4, -0.2) is 12.5 Å². The van der Waals surface area contributed by atoms with Gasteiger partial charge >= 0.3 is 0 Å². The molecule has 3 nitrogen and oxygen atoms in total. The fourth-order valence-electron chi connectivity index (χ4n) is 0.959. The zero-order valence-electron chi connectivity index (χ0n) is 8.88. The highest BCUT2D eigenvalue weighted by atomic mass is 127. The molecule has 3 N–H and O–H groups in total. The van der Waals surface area contributed by atoms with Crippen LogP contribution >= 0.6 is 22.6 Å². The van der Waals surface area contributed by atoms with Gasteiger partial charge in [-0.25, -0.2) is 0 Å². The molecule has 0 saturated carbocycles. The van der Waals surface area contributed by atoms with Gasteiger partial charge in [0.1, 0.15) is 0 Å². The molecule has 15 heavy (non-hydrogen) atoms. The lowest BCUT2D eigenvalue weighted by atomic mass is 9.92. The highest BCUT2D eigenvalue weighted by Crippen LogP contribution is 2.18. The van der Waals surface area contributed by atoms with E-state index in [1.807, 2.05) is 38.1 Å². The second kappa shape index (κ2) is 4.94. The molecule has 0 bridgehead atoms. The average Bonchev–Trinajstić information content (AvgIpc) is 2.17. The number of carbonyl (C=O) groups is 1. The molecule has 4 heteroatoms. The Morgan fingerprint density at radius 3 is 2.73 bits per heavy atom. The fraction of sp³-hybridized carbons (Fsp3) is 0.364. The van der Waals surface area contributed by atoms with Crippen LogP contribution in [-0.2, 0) is 4.79 Å². The van der Waals surface area contributed by atoms with Gasteiger partial charge in [0.2, 0.25) is 5.91 Å². The first-order valence-corrected chi connectivity index (χ1v) is 5.81. The van der Waals surface area contributed by atoms with Gasteiger partial charge in [-0.15, -0.1) is 0 Å². The van der Waals surface area contributed by atoms with Crippen LogP contribution in [0, 0.1) is 8.99 Å². The van der Waals surface area contributed by atoms with Crippen molar-refractivity contribution >= 4 is 34.2 Å². The van der Waals surface area contributed by atoms with Crippen LogP contribution in [0.5, 0.6) is 0 Å². The second-order valence-corrected chi connectivity index (χ2v) is 5.30. The smallest absolute Gasteiger partial charge is 0.231 e. The third-order valence-electron chi connectivity index (χ3n) is 2.21. The zero-order valence-corrected chi connectivity index (χ0v) is 11.0. The Morgan fingerprint density at radius 1 is 1.53 bits per heavy atom. The Bertz CT molecular complexity index is 363. The maximum atomic E-state index is 11.8. The molecule has 0 atom stereocenters. The van der Waals surface area contributed by atoms with Crippen molar-refractivity contribution in [3.8, 4) is 0 Å². The third-order valence-corrected chi connectivity index (χ3v) is 2.88. The highest BCUT2D eigenvalue weighted by Gasteiger charge is 2.25. The van der Waals surface area contributed by atoms with Gasteiger partial charge in [-0.1, -0.05) is 6.07 Å². The number of anilines is 1. The third kappa shape index (κ3) is 3.46. The van der Waals surface area contributed by atoms with E-state index in [0.29, 0.717) is 6.54 Å². The molecule has 0 heterocycles. The van der Waals surface area contributed by atoms with Crippen LogP contribution in [0.25, 0.3) is 0 Å². The Labute approximate surface area is 104 Å². The first kappa shape index (κ1) is 12.4. The van der Waals surface area contributed by atoms with E-state index in [9.17, 15) is 4.79 Å². The van der Waals surface area contributed by atoms with Crippen LogP contribution in [0.3, 0.4) is 0 Å². The summed E-state index contributed by atoms with van der Waals surface area (Å²) < 4.78 is 1.09. The number of nitrogens with two attached hydrogens (primary N) is 1. The topological polar surface area (TPSA) is 55.1 Å². The number of carbonyl (C=O) groups excluding carboxylic acids is 1. The number of rotatable bonds is 3. The normalized spacial score (nSPS) is 11.2. The molecular formula is C11H15IN2O. The van der Waals surface area contributed by atoms with E-state index >= 15 is 0 Å². The van der Waals surface area contributed by atoms with Crippen molar-refractivity contribution in [2.24, 2.45) is 11.1 Å². The van der Waals surface area contributed by atoms with Crippen molar-refractivity contribution in [3.63, 3.8) is 0 Å². The van der Waals surface area contributed by atoms with Gasteiger partial charge in [-0.2, -0.15) is 0 Å². The summed E-state index contributed by atoms with van der Waals surface area (Å²) in [7, 11) is 0. The summed E-state index contributed by atoms with van der Waals surface area (Å²) in [5.41, 5.74) is 5.82. The highest BCUT2D eigenvalue weighted by molar-refractivity contribution is 14.1. The molecule has 0 radical (unpaired) electrons. The molecule has 82 valence electrons. The summed E-state index contributed by atoms with van der Waals surface area (Å²) in [6.45, 7) is 4.00. The number of benzene rings is 1. The second-order valence-electron chi connectivity index (χ2n) is 4.05. The molecule has 0 unspecified atom stereocenters. The summed E-state index contributed by atoms with van der Waals surface area (Å²) in [4.78, 5) is 11.8. The van der Waals surface area contributed by atoms with Crippen LogP contribution in [0.4, 0.5) is 5.69 Å². The summed E-state index contributed by atoms with van der Waals surface area (Å²) in [5, 5.41) is 2.85. The number of hydrogen-bond donors (Lipinski definition) is 2. The van der Waals surface area contributed by atoms with Gasteiger partial charge in [0.05, 0.1) is 5.41 Å².